The standard InChI is InChI=1S/C10H12N2/c11-7-9-6-5-8-3-1-2-4-10(8)12-9/h5-6,8,10H,1-4H2. The van der Waals surface area contributed by atoms with E-state index in [1.54, 1.807) is 0 Å². The van der Waals surface area contributed by atoms with E-state index in [0.29, 0.717) is 17.7 Å². The predicted octanol–water partition coefficient (Wildman–Crippen LogP) is 2.08. The average Bonchev–Trinajstić information content (AvgIpc) is 2.17. The molecule has 2 rings (SSSR count). The molecule has 0 saturated heterocycles. The summed E-state index contributed by atoms with van der Waals surface area (Å²) in [5.41, 5.74) is 0.609. The van der Waals surface area contributed by atoms with Gasteiger partial charge in [-0.15, -0.1) is 0 Å². The topological polar surface area (TPSA) is 36.1 Å². The summed E-state index contributed by atoms with van der Waals surface area (Å²) in [6.07, 6.45) is 9.05. The second kappa shape index (κ2) is 3.10. The molecule has 0 amide bonds. The van der Waals surface area contributed by atoms with Gasteiger partial charge in [0.05, 0.1) is 6.04 Å². The van der Waals surface area contributed by atoms with E-state index in [9.17, 15) is 0 Å². The summed E-state index contributed by atoms with van der Waals surface area (Å²) < 4.78 is 0. The van der Waals surface area contributed by atoms with Gasteiger partial charge in [0.1, 0.15) is 11.8 Å². The van der Waals surface area contributed by atoms with Crippen molar-refractivity contribution < 1.29 is 0 Å². The van der Waals surface area contributed by atoms with Crippen molar-refractivity contribution in [2.45, 2.75) is 31.7 Å². The minimum absolute atomic E-state index is 0.415. The Morgan fingerprint density at radius 2 is 2.25 bits per heavy atom. The summed E-state index contributed by atoms with van der Waals surface area (Å²) in [5, 5.41) is 8.65. The first kappa shape index (κ1) is 7.54. The molecule has 2 aliphatic rings. The molecule has 1 saturated carbocycles. The van der Waals surface area contributed by atoms with Gasteiger partial charge in [0.2, 0.25) is 0 Å². The van der Waals surface area contributed by atoms with E-state index in [0.717, 1.165) is 0 Å². The van der Waals surface area contributed by atoms with Gasteiger partial charge < -0.3 is 0 Å². The Labute approximate surface area is 72.6 Å². The van der Waals surface area contributed by atoms with Gasteiger partial charge in [-0.1, -0.05) is 18.9 Å². The Hall–Kier alpha value is -1.10. The highest BCUT2D eigenvalue weighted by Gasteiger charge is 2.24. The molecule has 2 heteroatoms. The lowest BCUT2D eigenvalue weighted by atomic mass is 9.83. The SMILES string of the molecule is N#CC1=NC2CCCCC2C=C1. The third-order valence-corrected chi connectivity index (χ3v) is 2.70. The van der Waals surface area contributed by atoms with Crippen LogP contribution in [0.2, 0.25) is 0 Å². The fraction of sp³-hybridized carbons (Fsp3) is 0.600. The molecule has 1 aliphatic carbocycles. The highest BCUT2D eigenvalue weighted by atomic mass is 14.8. The number of hydrogen-bond acceptors (Lipinski definition) is 2. The highest BCUT2D eigenvalue weighted by molar-refractivity contribution is 6.07. The van der Waals surface area contributed by atoms with Crippen LogP contribution in [0.1, 0.15) is 25.7 Å². The predicted molar refractivity (Wildman–Crippen MR) is 47.9 cm³/mol. The third kappa shape index (κ3) is 1.27. The van der Waals surface area contributed by atoms with E-state index in [4.69, 9.17) is 5.26 Å². The van der Waals surface area contributed by atoms with Crippen LogP contribution in [0, 0.1) is 17.2 Å². The van der Waals surface area contributed by atoms with Gasteiger partial charge >= 0.3 is 0 Å². The highest BCUT2D eigenvalue weighted by Crippen LogP contribution is 2.29. The Morgan fingerprint density at radius 1 is 1.42 bits per heavy atom. The van der Waals surface area contributed by atoms with Crippen molar-refractivity contribution in [2.75, 3.05) is 0 Å². The lowest BCUT2D eigenvalue weighted by molar-refractivity contribution is 0.361. The van der Waals surface area contributed by atoms with Crippen LogP contribution >= 0.6 is 0 Å². The summed E-state index contributed by atoms with van der Waals surface area (Å²) >= 11 is 0. The summed E-state index contributed by atoms with van der Waals surface area (Å²) in [5.74, 6) is 0.621. The summed E-state index contributed by atoms with van der Waals surface area (Å²) in [6.45, 7) is 0. The number of nitriles is 1. The maximum absolute atomic E-state index is 8.65. The van der Waals surface area contributed by atoms with E-state index < -0.39 is 0 Å². The lowest BCUT2D eigenvalue weighted by Gasteiger charge is -2.28. The normalized spacial score (nSPS) is 33.4. The van der Waals surface area contributed by atoms with Crippen molar-refractivity contribution in [2.24, 2.45) is 10.9 Å². The first-order valence-corrected chi connectivity index (χ1v) is 4.56. The number of hydrogen-bond donors (Lipinski definition) is 0. The molecule has 12 heavy (non-hydrogen) atoms. The molecule has 1 heterocycles. The monoisotopic (exact) mass is 160 g/mol. The second-order valence-electron chi connectivity index (χ2n) is 3.50. The molecule has 0 aromatic carbocycles. The van der Waals surface area contributed by atoms with Crippen LogP contribution in [0.5, 0.6) is 0 Å². The first-order valence-electron chi connectivity index (χ1n) is 4.56. The molecule has 62 valence electrons. The van der Waals surface area contributed by atoms with Gasteiger partial charge in [-0.05, 0) is 24.8 Å². The van der Waals surface area contributed by atoms with Gasteiger partial charge in [-0.3, -0.25) is 4.99 Å². The number of allylic oxidation sites excluding steroid dienone is 1. The zero-order chi connectivity index (χ0) is 8.39. The number of dihydropyridines is 1. The van der Waals surface area contributed by atoms with Crippen molar-refractivity contribution in [3.8, 4) is 6.07 Å². The van der Waals surface area contributed by atoms with E-state index >= 15 is 0 Å². The fourth-order valence-corrected chi connectivity index (χ4v) is 2.03. The smallest absolute Gasteiger partial charge is 0.135 e. The average molecular weight is 160 g/mol. The molecule has 1 fully saturated rings. The van der Waals surface area contributed by atoms with Gasteiger partial charge in [-0.25, -0.2) is 0 Å². The van der Waals surface area contributed by atoms with Crippen LogP contribution < -0.4 is 0 Å². The summed E-state index contributed by atoms with van der Waals surface area (Å²) in [4.78, 5) is 4.39. The third-order valence-electron chi connectivity index (χ3n) is 2.70. The molecular formula is C10H12N2. The van der Waals surface area contributed by atoms with Crippen molar-refractivity contribution >= 4 is 5.71 Å². The largest absolute Gasteiger partial charge is 0.270 e. The van der Waals surface area contributed by atoms with E-state index in [2.05, 4.69) is 17.1 Å². The van der Waals surface area contributed by atoms with Crippen LogP contribution in [-0.4, -0.2) is 11.8 Å². The Morgan fingerprint density at radius 3 is 3.08 bits per heavy atom. The number of aliphatic imine (C=N–C) groups is 1. The van der Waals surface area contributed by atoms with E-state index in [1.807, 2.05) is 6.08 Å². The molecule has 2 atom stereocenters. The molecule has 0 radical (unpaired) electrons. The quantitative estimate of drug-likeness (QED) is 0.534. The molecule has 2 unspecified atom stereocenters. The van der Waals surface area contributed by atoms with Crippen LogP contribution in [0.4, 0.5) is 0 Å². The van der Waals surface area contributed by atoms with Crippen LogP contribution in [-0.2, 0) is 0 Å². The van der Waals surface area contributed by atoms with Crippen molar-refractivity contribution in [3.05, 3.63) is 12.2 Å². The zero-order valence-electron chi connectivity index (χ0n) is 7.03. The molecular weight excluding hydrogens is 148 g/mol. The van der Waals surface area contributed by atoms with Crippen LogP contribution in [0.25, 0.3) is 0 Å². The maximum Gasteiger partial charge on any atom is 0.135 e. The lowest BCUT2D eigenvalue weighted by Crippen LogP contribution is -2.25. The molecule has 0 aromatic rings. The summed E-state index contributed by atoms with van der Waals surface area (Å²) in [7, 11) is 0. The Balaban J connectivity index is 2.16. The van der Waals surface area contributed by atoms with Crippen molar-refractivity contribution in [1.82, 2.24) is 0 Å². The summed E-state index contributed by atoms with van der Waals surface area (Å²) in [6, 6.07) is 2.52. The van der Waals surface area contributed by atoms with E-state index in [1.165, 1.54) is 25.7 Å². The minimum atomic E-state index is 0.415. The minimum Gasteiger partial charge on any atom is -0.270 e. The molecule has 0 bridgehead atoms. The van der Waals surface area contributed by atoms with Crippen LogP contribution in [0.3, 0.4) is 0 Å². The van der Waals surface area contributed by atoms with Gasteiger partial charge in [0.15, 0.2) is 0 Å². The molecule has 1 aliphatic heterocycles. The Kier molecular flexibility index (Phi) is 1.95. The molecule has 0 spiro atoms. The van der Waals surface area contributed by atoms with Gasteiger partial charge in [-0.2, -0.15) is 5.26 Å². The molecule has 0 N–H and O–H groups in total. The van der Waals surface area contributed by atoms with E-state index in [-0.39, 0.29) is 0 Å². The number of nitrogens with zero attached hydrogens (tertiary/aromatic N) is 2. The second-order valence-corrected chi connectivity index (χ2v) is 3.50. The number of rotatable bonds is 0. The fourth-order valence-electron chi connectivity index (χ4n) is 2.03. The van der Waals surface area contributed by atoms with Crippen LogP contribution in [0.15, 0.2) is 17.1 Å². The zero-order valence-corrected chi connectivity index (χ0v) is 7.03. The Bertz CT molecular complexity index is 270. The molecule has 0 aromatic heterocycles. The van der Waals surface area contributed by atoms with Gasteiger partial charge in [0, 0.05) is 0 Å². The maximum atomic E-state index is 8.65. The van der Waals surface area contributed by atoms with Crippen molar-refractivity contribution in [1.29, 1.82) is 5.26 Å². The van der Waals surface area contributed by atoms with Crippen molar-refractivity contribution in [3.63, 3.8) is 0 Å². The number of fused-ring (bicyclic) bond motifs is 1. The molecule has 2 nitrogen and oxygen atoms in total. The van der Waals surface area contributed by atoms with Gasteiger partial charge in [0.25, 0.3) is 0 Å². The first-order chi connectivity index (χ1) is 5.90.